The van der Waals surface area contributed by atoms with Crippen molar-refractivity contribution in [3.8, 4) is 17.3 Å². The Morgan fingerprint density at radius 2 is 1.49 bits per heavy atom. The van der Waals surface area contributed by atoms with Crippen molar-refractivity contribution in [3.63, 3.8) is 0 Å². The molecule has 0 spiro atoms. The van der Waals surface area contributed by atoms with Crippen LogP contribution in [0.3, 0.4) is 0 Å². The lowest BCUT2D eigenvalue weighted by atomic mass is 9.89. The highest BCUT2D eigenvalue weighted by atomic mass is 32.2. The van der Waals surface area contributed by atoms with Crippen LogP contribution in [0.1, 0.15) is 81.5 Å². The largest absolute Gasteiger partial charge is 0.356 e. The number of hydrogen-bond acceptors (Lipinski definition) is 7. The van der Waals surface area contributed by atoms with Crippen molar-refractivity contribution in [2.75, 3.05) is 0 Å². The Bertz CT molecular complexity index is 1450. The molecule has 0 aliphatic rings. The van der Waals surface area contributed by atoms with E-state index in [1.807, 2.05) is 52.1 Å². The van der Waals surface area contributed by atoms with E-state index in [-0.39, 0.29) is 28.5 Å². The molecule has 4 aromatic rings. The van der Waals surface area contributed by atoms with Crippen LogP contribution in [0.5, 0.6) is 5.88 Å². The SMILES string of the molecule is Cc1csc2c(OS(=O)(=O)c3c(C(C)C)cc(C(C)C)cc3C(C)C)nc(-c3ccncc3)nc12. The summed E-state index contributed by atoms with van der Waals surface area (Å²) in [5.74, 6) is 0.732. The summed E-state index contributed by atoms with van der Waals surface area (Å²) < 4.78 is 34.4. The molecule has 8 heteroatoms. The number of aryl methyl sites for hydroxylation is 1. The van der Waals surface area contributed by atoms with Gasteiger partial charge in [0.2, 0.25) is 0 Å². The van der Waals surface area contributed by atoms with E-state index >= 15 is 0 Å². The van der Waals surface area contributed by atoms with Gasteiger partial charge in [0.1, 0.15) is 9.60 Å². The van der Waals surface area contributed by atoms with E-state index in [1.54, 1.807) is 24.5 Å². The molecule has 3 heterocycles. The average Bonchev–Trinajstić information content (AvgIpc) is 3.19. The van der Waals surface area contributed by atoms with Crippen molar-refractivity contribution in [2.24, 2.45) is 0 Å². The Morgan fingerprint density at radius 3 is 2.03 bits per heavy atom. The monoisotopic (exact) mass is 509 g/mol. The van der Waals surface area contributed by atoms with Crippen LogP contribution < -0.4 is 4.18 Å². The van der Waals surface area contributed by atoms with Crippen LogP contribution in [0.2, 0.25) is 0 Å². The summed E-state index contributed by atoms with van der Waals surface area (Å²) in [4.78, 5) is 13.5. The molecule has 0 atom stereocenters. The Morgan fingerprint density at radius 1 is 0.886 bits per heavy atom. The quantitative estimate of drug-likeness (QED) is 0.245. The van der Waals surface area contributed by atoms with Crippen molar-refractivity contribution < 1.29 is 12.6 Å². The lowest BCUT2D eigenvalue weighted by Gasteiger charge is -2.22. The minimum absolute atomic E-state index is 0.00125. The molecule has 0 amide bonds. The van der Waals surface area contributed by atoms with Gasteiger partial charge in [-0.2, -0.15) is 13.4 Å². The predicted molar refractivity (Wildman–Crippen MR) is 142 cm³/mol. The maximum absolute atomic E-state index is 13.9. The maximum Gasteiger partial charge on any atom is 0.341 e. The molecule has 1 aromatic carbocycles. The molecule has 6 nitrogen and oxygen atoms in total. The van der Waals surface area contributed by atoms with Gasteiger partial charge in [0, 0.05) is 18.0 Å². The summed E-state index contributed by atoms with van der Waals surface area (Å²) in [5, 5.41) is 1.94. The van der Waals surface area contributed by atoms with Crippen LogP contribution in [0.25, 0.3) is 21.6 Å². The molecule has 0 saturated carbocycles. The molecule has 0 aliphatic carbocycles. The molecule has 0 unspecified atom stereocenters. The van der Waals surface area contributed by atoms with Crippen LogP contribution in [0.4, 0.5) is 0 Å². The number of aromatic nitrogens is 3. The van der Waals surface area contributed by atoms with Gasteiger partial charge in [0.05, 0.1) is 5.52 Å². The summed E-state index contributed by atoms with van der Waals surface area (Å²) in [7, 11) is -4.18. The van der Waals surface area contributed by atoms with Crippen LogP contribution in [0, 0.1) is 6.92 Å². The number of thiophene rings is 1. The molecule has 0 bridgehead atoms. The van der Waals surface area contributed by atoms with Crippen molar-refractivity contribution >= 4 is 31.7 Å². The first-order valence-corrected chi connectivity index (χ1v) is 14.1. The highest BCUT2D eigenvalue weighted by molar-refractivity contribution is 7.87. The number of nitrogens with zero attached hydrogens (tertiary/aromatic N) is 3. The van der Waals surface area contributed by atoms with Crippen molar-refractivity contribution in [1.82, 2.24) is 15.0 Å². The minimum Gasteiger partial charge on any atom is -0.356 e. The first-order chi connectivity index (χ1) is 16.5. The fraction of sp³-hybridized carbons (Fsp3) is 0.370. The standard InChI is InChI=1S/C27H31N3O3S2/c1-15(2)20-12-21(16(3)4)25(22(13-20)17(5)6)35(31,32)33-27-24-23(18(7)14-34-24)29-26(30-27)19-8-10-28-11-9-19/h8-17H,1-7H3. The first kappa shape index (κ1) is 25.3. The van der Waals surface area contributed by atoms with Crippen LogP contribution in [-0.2, 0) is 10.1 Å². The zero-order valence-electron chi connectivity index (χ0n) is 21.2. The Kier molecular flexibility index (Phi) is 6.97. The van der Waals surface area contributed by atoms with E-state index in [2.05, 4.69) is 28.8 Å². The number of hydrogen-bond donors (Lipinski definition) is 0. The Labute approximate surface area is 211 Å². The fourth-order valence-electron chi connectivity index (χ4n) is 4.02. The van der Waals surface area contributed by atoms with E-state index in [9.17, 15) is 8.42 Å². The van der Waals surface area contributed by atoms with E-state index in [0.717, 1.165) is 27.8 Å². The average molecular weight is 510 g/mol. The fourth-order valence-corrected chi connectivity index (χ4v) is 6.56. The second-order valence-electron chi connectivity index (χ2n) is 9.71. The van der Waals surface area contributed by atoms with Crippen LogP contribution in [-0.4, -0.2) is 23.4 Å². The van der Waals surface area contributed by atoms with Gasteiger partial charge in [-0.1, -0.05) is 53.7 Å². The van der Waals surface area contributed by atoms with Crippen molar-refractivity contribution in [3.05, 3.63) is 64.3 Å². The van der Waals surface area contributed by atoms with Crippen LogP contribution >= 0.6 is 11.3 Å². The molecule has 184 valence electrons. The van der Waals surface area contributed by atoms with Gasteiger partial charge >= 0.3 is 10.1 Å². The summed E-state index contributed by atoms with van der Waals surface area (Å²) in [6, 6.07) is 7.59. The number of rotatable bonds is 7. The maximum atomic E-state index is 13.9. The Balaban J connectivity index is 1.93. The molecule has 4 rings (SSSR count). The van der Waals surface area contributed by atoms with E-state index in [0.29, 0.717) is 16.0 Å². The second kappa shape index (κ2) is 9.66. The van der Waals surface area contributed by atoms with E-state index < -0.39 is 10.1 Å². The summed E-state index contributed by atoms with van der Waals surface area (Å²) in [6.45, 7) is 14.2. The van der Waals surface area contributed by atoms with Gasteiger partial charge in [-0.05, 0) is 64.4 Å². The van der Waals surface area contributed by atoms with Gasteiger partial charge in [0.15, 0.2) is 5.82 Å². The third kappa shape index (κ3) is 4.95. The van der Waals surface area contributed by atoms with E-state index in [4.69, 9.17) is 4.18 Å². The molecule has 0 saturated heterocycles. The third-order valence-corrected chi connectivity index (χ3v) is 8.44. The van der Waals surface area contributed by atoms with Crippen molar-refractivity contribution in [2.45, 2.75) is 71.1 Å². The normalized spacial score (nSPS) is 12.3. The smallest absolute Gasteiger partial charge is 0.341 e. The lowest BCUT2D eigenvalue weighted by Crippen LogP contribution is -2.18. The van der Waals surface area contributed by atoms with Gasteiger partial charge in [0.25, 0.3) is 5.88 Å². The summed E-state index contributed by atoms with van der Waals surface area (Å²) in [6.07, 6.45) is 3.31. The number of pyridine rings is 1. The first-order valence-electron chi connectivity index (χ1n) is 11.8. The Hall–Kier alpha value is -2.84. The zero-order chi connectivity index (χ0) is 25.5. The van der Waals surface area contributed by atoms with Crippen molar-refractivity contribution in [1.29, 1.82) is 0 Å². The lowest BCUT2D eigenvalue weighted by molar-refractivity contribution is 0.476. The molecule has 3 aromatic heterocycles. The molecule has 0 fully saturated rings. The summed E-state index contributed by atoms with van der Waals surface area (Å²) in [5.41, 5.74) is 5.02. The predicted octanol–water partition coefficient (Wildman–Crippen LogP) is 7.20. The molecule has 0 N–H and O–H groups in total. The molecule has 0 aliphatic heterocycles. The van der Waals surface area contributed by atoms with Gasteiger partial charge in [-0.15, -0.1) is 11.3 Å². The second-order valence-corrected chi connectivity index (χ2v) is 12.1. The topological polar surface area (TPSA) is 82.0 Å². The minimum atomic E-state index is -4.18. The highest BCUT2D eigenvalue weighted by Crippen LogP contribution is 2.39. The molecular formula is C27H31N3O3S2. The molecule has 35 heavy (non-hydrogen) atoms. The number of benzene rings is 1. The van der Waals surface area contributed by atoms with Gasteiger partial charge in [-0.3, -0.25) is 4.98 Å². The van der Waals surface area contributed by atoms with Gasteiger partial charge in [-0.25, -0.2) is 4.98 Å². The van der Waals surface area contributed by atoms with E-state index in [1.165, 1.54) is 11.3 Å². The summed E-state index contributed by atoms with van der Waals surface area (Å²) >= 11 is 1.38. The molecule has 0 radical (unpaired) electrons. The highest BCUT2D eigenvalue weighted by Gasteiger charge is 2.30. The third-order valence-electron chi connectivity index (χ3n) is 6.02. The van der Waals surface area contributed by atoms with Crippen LogP contribution in [0.15, 0.2) is 46.9 Å². The zero-order valence-corrected chi connectivity index (χ0v) is 22.8. The van der Waals surface area contributed by atoms with Gasteiger partial charge < -0.3 is 4.18 Å². The number of fused-ring (bicyclic) bond motifs is 1. The molecular weight excluding hydrogens is 478 g/mol.